The third-order valence-corrected chi connectivity index (χ3v) is 8.15. The van der Waals surface area contributed by atoms with Crippen molar-refractivity contribution in [3.8, 4) is 0 Å². The van der Waals surface area contributed by atoms with Crippen molar-refractivity contribution in [3.63, 3.8) is 0 Å². The van der Waals surface area contributed by atoms with E-state index in [-0.39, 0.29) is 37.4 Å². The second kappa shape index (κ2) is 13.1. The van der Waals surface area contributed by atoms with Crippen molar-refractivity contribution >= 4 is 39.1 Å². The van der Waals surface area contributed by atoms with E-state index in [4.69, 9.17) is 11.6 Å². The second-order valence-electron chi connectivity index (χ2n) is 9.30. The molecule has 0 unspecified atom stereocenters. The van der Waals surface area contributed by atoms with Gasteiger partial charge in [0.1, 0.15) is 6.04 Å². The topological polar surface area (TPSA) is 86.8 Å². The Balaban J connectivity index is 1.75. The quantitative estimate of drug-likeness (QED) is 0.426. The molecule has 1 fully saturated rings. The summed E-state index contributed by atoms with van der Waals surface area (Å²) in [6.07, 6.45) is 6.17. The van der Waals surface area contributed by atoms with E-state index in [9.17, 15) is 18.0 Å². The van der Waals surface area contributed by atoms with Crippen LogP contribution < -0.4 is 9.62 Å². The molecule has 1 aliphatic rings. The lowest BCUT2D eigenvalue weighted by atomic mass is 10.1. The number of para-hydroxylation sites is 1. The lowest BCUT2D eigenvalue weighted by Gasteiger charge is -2.32. The van der Waals surface area contributed by atoms with E-state index in [2.05, 4.69) is 5.32 Å². The number of amides is 2. The highest BCUT2D eigenvalue weighted by Gasteiger charge is 2.31. The van der Waals surface area contributed by atoms with Crippen LogP contribution in [-0.4, -0.2) is 50.0 Å². The molecule has 1 atom stereocenters. The minimum Gasteiger partial charge on any atom is -0.352 e. The van der Waals surface area contributed by atoms with Gasteiger partial charge in [-0.1, -0.05) is 67.8 Å². The number of benzene rings is 2. The molecule has 2 aromatic carbocycles. The molecule has 196 valence electrons. The molecule has 3 rings (SSSR count). The fraction of sp³-hybridized carbons (Fsp3) is 0.481. The molecule has 0 heterocycles. The van der Waals surface area contributed by atoms with Gasteiger partial charge in [-0.2, -0.15) is 0 Å². The summed E-state index contributed by atoms with van der Waals surface area (Å²) in [6, 6.07) is 15.7. The zero-order valence-electron chi connectivity index (χ0n) is 21.0. The van der Waals surface area contributed by atoms with Crippen molar-refractivity contribution < 1.29 is 18.0 Å². The van der Waals surface area contributed by atoms with Crippen LogP contribution in [-0.2, 0) is 26.2 Å². The number of halogens is 1. The molecule has 2 amide bonds. The molecule has 0 aliphatic heterocycles. The van der Waals surface area contributed by atoms with E-state index < -0.39 is 16.1 Å². The van der Waals surface area contributed by atoms with Crippen LogP contribution in [0, 0.1) is 0 Å². The first kappa shape index (κ1) is 28.0. The van der Waals surface area contributed by atoms with Crippen molar-refractivity contribution in [2.24, 2.45) is 0 Å². The van der Waals surface area contributed by atoms with Gasteiger partial charge in [0, 0.05) is 30.6 Å². The Morgan fingerprint density at radius 2 is 1.69 bits per heavy atom. The van der Waals surface area contributed by atoms with Crippen molar-refractivity contribution in [1.82, 2.24) is 10.2 Å². The maximum Gasteiger partial charge on any atom is 0.243 e. The molecule has 0 aromatic heterocycles. The molecule has 0 spiro atoms. The summed E-state index contributed by atoms with van der Waals surface area (Å²) in [5.74, 6) is -0.350. The van der Waals surface area contributed by atoms with Gasteiger partial charge in [0.05, 0.1) is 11.9 Å². The van der Waals surface area contributed by atoms with Crippen LogP contribution in [0.15, 0.2) is 54.6 Å². The van der Waals surface area contributed by atoms with Crippen LogP contribution >= 0.6 is 11.6 Å². The van der Waals surface area contributed by atoms with Gasteiger partial charge in [-0.05, 0) is 49.4 Å². The summed E-state index contributed by atoms with van der Waals surface area (Å²) in [6.45, 7) is 2.27. The first-order chi connectivity index (χ1) is 17.2. The van der Waals surface area contributed by atoms with Gasteiger partial charge in [0.2, 0.25) is 21.8 Å². The molecule has 1 aliphatic carbocycles. The zero-order valence-corrected chi connectivity index (χ0v) is 22.6. The predicted octanol–water partition coefficient (Wildman–Crippen LogP) is 4.75. The van der Waals surface area contributed by atoms with Gasteiger partial charge in [-0.3, -0.25) is 13.9 Å². The Hall–Kier alpha value is -2.58. The number of rotatable bonds is 12. The first-order valence-corrected chi connectivity index (χ1v) is 14.8. The highest BCUT2D eigenvalue weighted by molar-refractivity contribution is 7.92. The SMILES string of the molecule is CC[C@@H](C(=O)NC1CCCC1)N(Cc1ccccc1Cl)C(=O)CCCN(c1ccccc1)S(C)(=O)=O. The van der Waals surface area contributed by atoms with Gasteiger partial charge in [-0.25, -0.2) is 8.42 Å². The van der Waals surface area contributed by atoms with Gasteiger partial charge in [0.25, 0.3) is 0 Å². The number of nitrogens with one attached hydrogen (secondary N) is 1. The van der Waals surface area contributed by atoms with E-state index in [0.29, 0.717) is 23.6 Å². The maximum atomic E-state index is 13.5. The molecule has 1 saturated carbocycles. The summed E-state index contributed by atoms with van der Waals surface area (Å²) < 4.78 is 26.1. The largest absolute Gasteiger partial charge is 0.352 e. The molecule has 0 saturated heterocycles. The number of anilines is 1. The number of carbonyl (C=O) groups is 2. The molecule has 36 heavy (non-hydrogen) atoms. The third-order valence-electron chi connectivity index (χ3n) is 6.58. The molecule has 0 bridgehead atoms. The lowest BCUT2D eigenvalue weighted by Crippen LogP contribution is -2.51. The summed E-state index contributed by atoms with van der Waals surface area (Å²) in [5, 5.41) is 3.66. The number of hydrogen-bond acceptors (Lipinski definition) is 4. The maximum absolute atomic E-state index is 13.5. The van der Waals surface area contributed by atoms with Crippen LogP contribution in [0.3, 0.4) is 0 Å². The molecular weight excluding hydrogens is 498 g/mol. The Morgan fingerprint density at radius 1 is 1.06 bits per heavy atom. The smallest absolute Gasteiger partial charge is 0.243 e. The predicted molar refractivity (Wildman–Crippen MR) is 144 cm³/mol. The minimum absolute atomic E-state index is 0.108. The van der Waals surface area contributed by atoms with E-state index in [1.165, 1.54) is 4.31 Å². The van der Waals surface area contributed by atoms with E-state index in [0.717, 1.165) is 37.5 Å². The van der Waals surface area contributed by atoms with Crippen LogP contribution in [0.4, 0.5) is 5.69 Å². The van der Waals surface area contributed by atoms with E-state index >= 15 is 0 Å². The van der Waals surface area contributed by atoms with Crippen molar-refractivity contribution in [1.29, 1.82) is 0 Å². The highest BCUT2D eigenvalue weighted by atomic mass is 35.5. The third kappa shape index (κ3) is 7.71. The number of hydrogen-bond donors (Lipinski definition) is 1. The molecule has 2 aromatic rings. The fourth-order valence-corrected chi connectivity index (χ4v) is 5.86. The summed E-state index contributed by atoms with van der Waals surface area (Å²) >= 11 is 6.39. The monoisotopic (exact) mass is 533 g/mol. The van der Waals surface area contributed by atoms with E-state index in [1.54, 1.807) is 35.2 Å². The van der Waals surface area contributed by atoms with Crippen molar-refractivity contribution in [2.75, 3.05) is 17.1 Å². The molecule has 1 N–H and O–H groups in total. The Labute approximate surface area is 219 Å². The van der Waals surface area contributed by atoms with Crippen LogP contribution in [0.5, 0.6) is 0 Å². The zero-order chi connectivity index (χ0) is 26.1. The normalized spacial score (nSPS) is 14.9. The number of sulfonamides is 1. The van der Waals surface area contributed by atoms with Crippen molar-refractivity contribution in [3.05, 3.63) is 65.2 Å². The Morgan fingerprint density at radius 3 is 2.31 bits per heavy atom. The van der Waals surface area contributed by atoms with E-state index in [1.807, 2.05) is 31.2 Å². The molecule has 0 radical (unpaired) electrons. The highest BCUT2D eigenvalue weighted by Crippen LogP contribution is 2.23. The fourth-order valence-electron chi connectivity index (χ4n) is 4.70. The minimum atomic E-state index is -3.51. The van der Waals surface area contributed by atoms with Crippen LogP contribution in [0.25, 0.3) is 0 Å². The molecular formula is C27H36ClN3O4S. The lowest BCUT2D eigenvalue weighted by molar-refractivity contribution is -0.141. The summed E-state index contributed by atoms with van der Waals surface area (Å²) in [4.78, 5) is 28.3. The number of nitrogens with zero attached hydrogens (tertiary/aromatic N) is 2. The average molecular weight is 534 g/mol. The first-order valence-electron chi connectivity index (χ1n) is 12.6. The van der Waals surface area contributed by atoms with Gasteiger partial charge in [0.15, 0.2) is 0 Å². The molecule has 9 heteroatoms. The van der Waals surface area contributed by atoms with Crippen LogP contribution in [0.2, 0.25) is 5.02 Å². The summed E-state index contributed by atoms with van der Waals surface area (Å²) in [5.41, 5.74) is 1.32. The summed E-state index contributed by atoms with van der Waals surface area (Å²) in [7, 11) is -3.51. The molecule has 7 nitrogen and oxygen atoms in total. The van der Waals surface area contributed by atoms with Gasteiger partial charge >= 0.3 is 0 Å². The Bertz CT molecular complexity index is 1120. The van der Waals surface area contributed by atoms with Gasteiger partial charge in [-0.15, -0.1) is 0 Å². The van der Waals surface area contributed by atoms with Crippen molar-refractivity contribution in [2.45, 2.75) is 70.5 Å². The van der Waals surface area contributed by atoms with Gasteiger partial charge < -0.3 is 10.2 Å². The second-order valence-corrected chi connectivity index (χ2v) is 11.6. The average Bonchev–Trinajstić information content (AvgIpc) is 3.35. The standard InChI is InChI=1S/C27H36ClN3O4S/c1-3-25(27(33)29-22-13-8-9-14-22)30(20-21-12-7-10-17-24(21)28)26(32)18-11-19-31(36(2,34)35)23-15-5-4-6-16-23/h4-7,10,12,15-17,22,25H,3,8-9,11,13-14,18-20H2,1-2H3,(H,29,33)/t25-/m0/s1. The van der Waals surface area contributed by atoms with Crippen LogP contribution in [0.1, 0.15) is 57.4 Å². The Kier molecular flexibility index (Phi) is 10.2. The number of carbonyl (C=O) groups excluding carboxylic acids is 2.